The zero-order valence-corrected chi connectivity index (χ0v) is 8.99. The number of aliphatic hydroxyl groups excluding tert-OH is 1. The van der Waals surface area contributed by atoms with Gasteiger partial charge in [0.1, 0.15) is 0 Å². The van der Waals surface area contributed by atoms with Gasteiger partial charge in [0.15, 0.2) is 0 Å². The van der Waals surface area contributed by atoms with Crippen molar-refractivity contribution in [2.75, 3.05) is 13.1 Å². The standard InChI is InChI=1S/C10H20N2O2/c1-3-12(4-2)10(14)11-8-6-5-7-9(8)13/h8-9,13H,3-7H2,1-2H3,(H,11,14). The lowest BCUT2D eigenvalue weighted by molar-refractivity contribution is 0.142. The molecule has 2 unspecified atom stereocenters. The summed E-state index contributed by atoms with van der Waals surface area (Å²) in [5.74, 6) is 0. The smallest absolute Gasteiger partial charge is 0.317 e. The fourth-order valence-corrected chi connectivity index (χ4v) is 1.87. The number of rotatable bonds is 3. The second-order valence-electron chi connectivity index (χ2n) is 3.73. The molecule has 2 atom stereocenters. The second-order valence-corrected chi connectivity index (χ2v) is 3.73. The summed E-state index contributed by atoms with van der Waals surface area (Å²) in [7, 11) is 0. The van der Waals surface area contributed by atoms with Crippen LogP contribution in [0, 0.1) is 0 Å². The lowest BCUT2D eigenvalue weighted by atomic mass is 10.2. The fourth-order valence-electron chi connectivity index (χ4n) is 1.87. The van der Waals surface area contributed by atoms with Gasteiger partial charge in [0.05, 0.1) is 12.1 Å². The predicted octanol–water partition coefficient (Wildman–Crippen LogP) is 0.951. The van der Waals surface area contributed by atoms with E-state index in [9.17, 15) is 9.90 Å². The van der Waals surface area contributed by atoms with Crippen molar-refractivity contribution in [1.82, 2.24) is 10.2 Å². The summed E-state index contributed by atoms with van der Waals surface area (Å²) in [5, 5.41) is 12.4. The highest BCUT2D eigenvalue weighted by molar-refractivity contribution is 5.74. The second kappa shape index (κ2) is 5.20. The Kier molecular flexibility index (Phi) is 4.20. The third kappa shape index (κ3) is 2.61. The maximum absolute atomic E-state index is 11.6. The Balaban J connectivity index is 2.39. The van der Waals surface area contributed by atoms with Crippen LogP contribution in [0.15, 0.2) is 0 Å². The third-order valence-electron chi connectivity index (χ3n) is 2.84. The van der Waals surface area contributed by atoms with Crippen molar-refractivity contribution in [1.29, 1.82) is 0 Å². The topological polar surface area (TPSA) is 52.6 Å². The molecule has 14 heavy (non-hydrogen) atoms. The van der Waals surface area contributed by atoms with E-state index in [1.165, 1.54) is 0 Å². The van der Waals surface area contributed by atoms with Crippen molar-refractivity contribution in [2.24, 2.45) is 0 Å². The van der Waals surface area contributed by atoms with E-state index in [1.54, 1.807) is 4.90 Å². The van der Waals surface area contributed by atoms with Crippen molar-refractivity contribution in [3.63, 3.8) is 0 Å². The van der Waals surface area contributed by atoms with Crippen LogP contribution in [-0.4, -0.2) is 41.3 Å². The van der Waals surface area contributed by atoms with Gasteiger partial charge in [-0.05, 0) is 33.1 Å². The van der Waals surface area contributed by atoms with Gasteiger partial charge in [0.25, 0.3) is 0 Å². The van der Waals surface area contributed by atoms with Crippen molar-refractivity contribution in [3.8, 4) is 0 Å². The predicted molar refractivity (Wildman–Crippen MR) is 55.1 cm³/mol. The molecule has 0 aromatic rings. The Labute approximate surface area is 85.3 Å². The number of hydrogen-bond acceptors (Lipinski definition) is 2. The van der Waals surface area contributed by atoms with Gasteiger partial charge in [-0.1, -0.05) is 0 Å². The summed E-state index contributed by atoms with van der Waals surface area (Å²) in [6, 6.07) is -0.0935. The number of nitrogens with zero attached hydrogens (tertiary/aromatic N) is 1. The molecular formula is C10H20N2O2. The highest BCUT2D eigenvalue weighted by Gasteiger charge is 2.27. The Morgan fingerprint density at radius 2 is 2.07 bits per heavy atom. The quantitative estimate of drug-likeness (QED) is 0.712. The van der Waals surface area contributed by atoms with E-state index in [0.29, 0.717) is 13.1 Å². The average molecular weight is 200 g/mol. The lowest BCUT2D eigenvalue weighted by Gasteiger charge is -2.23. The minimum absolute atomic E-state index is 0.0388. The number of amides is 2. The van der Waals surface area contributed by atoms with Gasteiger partial charge in [0, 0.05) is 13.1 Å². The largest absolute Gasteiger partial charge is 0.391 e. The van der Waals surface area contributed by atoms with Gasteiger partial charge in [-0.25, -0.2) is 4.79 Å². The molecule has 1 aliphatic carbocycles. The van der Waals surface area contributed by atoms with Crippen LogP contribution in [0.3, 0.4) is 0 Å². The van der Waals surface area contributed by atoms with Crippen LogP contribution < -0.4 is 5.32 Å². The maximum Gasteiger partial charge on any atom is 0.317 e. The first-order chi connectivity index (χ1) is 6.69. The van der Waals surface area contributed by atoms with E-state index in [1.807, 2.05) is 13.8 Å². The Morgan fingerprint density at radius 3 is 2.50 bits per heavy atom. The molecule has 4 heteroatoms. The molecule has 1 aliphatic rings. The molecule has 1 fully saturated rings. The van der Waals surface area contributed by atoms with Crippen LogP contribution in [0.5, 0.6) is 0 Å². The summed E-state index contributed by atoms with van der Waals surface area (Å²) in [4.78, 5) is 13.3. The van der Waals surface area contributed by atoms with Crippen molar-refractivity contribution < 1.29 is 9.90 Å². The summed E-state index contributed by atoms with van der Waals surface area (Å²) < 4.78 is 0. The lowest BCUT2D eigenvalue weighted by Crippen LogP contribution is -2.47. The molecule has 0 heterocycles. The molecule has 0 aromatic heterocycles. The summed E-state index contributed by atoms with van der Waals surface area (Å²) in [5.41, 5.74) is 0. The van der Waals surface area contributed by atoms with Gasteiger partial charge >= 0.3 is 6.03 Å². The van der Waals surface area contributed by atoms with Crippen LogP contribution in [0.1, 0.15) is 33.1 Å². The van der Waals surface area contributed by atoms with Crippen LogP contribution in [0.4, 0.5) is 4.79 Å². The highest BCUT2D eigenvalue weighted by Crippen LogP contribution is 2.18. The molecule has 0 bridgehead atoms. The minimum Gasteiger partial charge on any atom is -0.391 e. The van der Waals surface area contributed by atoms with E-state index < -0.39 is 0 Å². The molecule has 0 aromatic carbocycles. The first kappa shape index (κ1) is 11.3. The molecule has 0 radical (unpaired) electrons. The van der Waals surface area contributed by atoms with Crippen LogP contribution in [-0.2, 0) is 0 Å². The number of hydrogen-bond donors (Lipinski definition) is 2. The van der Waals surface area contributed by atoms with Crippen LogP contribution in [0.25, 0.3) is 0 Å². The molecule has 82 valence electrons. The fraction of sp³-hybridized carbons (Fsp3) is 0.900. The molecular weight excluding hydrogens is 180 g/mol. The third-order valence-corrected chi connectivity index (χ3v) is 2.84. The van der Waals surface area contributed by atoms with E-state index in [0.717, 1.165) is 19.3 Å². The van der Waals surface area contributed by atoms with Crippen molar-refractivity contribution in [2.45, 2.75) is 45.3 Å². The van der Waals surface area contributed by atoms with Crippen molar-refractivity contribution in [3.05, 3.63) is 0 Å². The highest BCUT2D eigenvalue weighted by atomic mass is 16.3. The van der Waals surface area contributed by atoms with Crippen LogP contribution in [0.2, 0.25) is 0 Å². The van der Waals surface area contributed by atoms with Crippen molar-refractivity contribution >= 4 is 6.03 Å². The zero-order chi connectivity index (χ0) is 10.6. The summed E-state index contributed by atoms with van der Waals surface area (Å²) in [6.07, 6.45) is 2.36. The Bertz CT molecular complexity index is 193. The first-order valence-electron chi connectivity index (χ1n) is 5.42. The van der Waals surface area contributed by atoms with Gasteiger partial charge in [-0.2, -0.15) is 0 Å². The summed E-state index contributed by atoms with van der Waals surface area (Å²) in [6.45, 7) is 5.33. The molecule has 2 N–H and O–H groups in total. The first-order valence-corrected chi connectivity index (χ1v) is 5.42. The van der Waals surface area contributed by atoms with Crippen LogP contribution >= 0.6 is 0 Å². The molecule has 0 spiro atoms. The van der Waals surface area contributed by atoms with Gasteiger partial charge in [0.2, 0.25) is 0 Å². The van der Waals surface area contributed by atoms with Gasteiger partial charge in [-0.15, -0.1) is 0 Å². The molecule has 0 saturated heterocycles. The number of carbonyl (C=O) groups excluding carboxylic acids is 1. The number of carbonyl (C=O) groups is 1. The number of urea groups is 1. The van der Waals surface area contributed by atoms with Gasteiger partial charge < -0.3 is 15.3 Å². The Morgan fingerprint density at radius 1 is 1.43 bits per heavy atom. The molecule has 1 saturated carbocycles. The molecule has 1 rings (SSSR count). The molecule has 2 amide bonds. The summed E-state index contributed by atoms with van der Waals surface area (Å²) >= 11 is 0. The van der Waals surface area contributed by atoms with E-state index >= 15 is 0 Å². The Hall–Kier alpha value is -0.770. The zero-order valence-electron chi connectivity index (χ0n) is 8.99. The normalized spacial score (nSPS) is 26.2. The van der Waals surface area contributed by atoms with Gasteiger partial charge in [-0.3, -0.25) is 0 Å². The minimum atomic E-state index is -0.352. The average Bonchev–Trinajstić information content (AvgIpc) is 2.54. The number of nitrogens with one attached hydrogen (secondary N) is 1. The number of aliphatic hydroxyl groups is 1. The SMILES string of the molecule is CCN(CC)C(=O)NC1CCCC1O. The van der Waals surface area contributed by atoms with E-state index in [2.05, 4.69) is 5.32 Å². The molecule has 4 nitrogen and oxygen atoms in total. The monoisotopic (exact) mass is 200 g/mol. The molecule has 0 aliphatic heterocycles. The van der Waals surface area contributed by atoms with E-state index in [4.69, 9.17) is 0 Å². The van der Waals surface area contributed by atoms with E-state index in [-0.39, 0.29) is 18.2 Å². The maximum atomic E-state index is 11.6.